The number of carbonyl (C=O) groups is 1. The Labute approximate surface area is 161 Å². The highest BCUT2D eigenvalue weighted by atomic mass is 16.5. The number of fused-ring (bicyclic) bond motifs is 1. The molecule has 1 amide bonds. The Bertz CT molecular complexity index is 979. The van der Waals surface area contributed by atoms with Crippen molar-refractivity contribution in [3.8, 4) is 17.2 Å². The van der Waals surface area contributed by atoms with Gasteiger partial charge in [-0.05, 0) is 29.8 Å². The van der Waals surface area contributed by atoms with Gasteiger partial charge in [0.15, 0.2) is 12.4 Å². The lowest BCUT2D eigenvalue weighted by molar-refractivity contribution is -0.121. The van der Waals surface area contributed by atoms with Crippen molar-refractivity contribution in [2.24, 2.45) is 0 Å². The molecule has 8 heteroatoms. The molecule has 1 aromatic heterocycles. The van der Waals surface area contributed by atoms with Crippen LogP contribution < -0.4 is 19.1 Å². The zero-order chi connectivity index (χ0) is 19.5. The van der Waals surface area contributed by atoms with E-state index in [-0.39, 0.29) is 19.1 Å². The zero-order valence-electron chi connectivity index (χ0n) is 15.5. The van der Waals surface area contributed by atoms with E-state index in [9.17, 15) is 4.79 Å². The molecule has 2 aromatic carbocycles. The third-order valence-electron chi connectivity index (χ3n) is 4.38. The molecular weight excluding hydrogens is 362 g/mol. The van der Waals surface area contributed by atoms with E-state index in [0.717, 1.165) is 5.56 Å². The van der Waals surface area contributed by atoms with Gasteiger partial charge in [-0.1, -0.05) is 17.3 Å². The summed E-state index contributed by atoms with van der Waals surface area (Å²) >= 11 is 0. The summed E-state index contributed by atoms with van der Waals surface area (Å²) in [6.45, 7) is 0.204. The van der Waals surface area contributed by atoms with E-state index < -0.39 is 0 Å². The van der Waals surface area contributed by atoms with Gasteiger partial charge in [0.2, 0.25) is 5.89 Å². The van der Waals surface area contributed by atoms with Crippen molar-refractivity contribution < 1.29 is 23.5 Å². The van der Waals surface area contributed by atoms with Gasteiger partial charge in [0.25, 0.3) is 5.91 Å². The highest BCUT2D eigenvalue weighted by molar-refractivity contribution is 5.97. The highest BCUT2D eigenvalue weighted by Crippen LogP contribution is 2.32. The smallest absolute Gasteiger partial charge is 0.265 e. The summed E-state index contributed by atoms with van der Waals surface area (Å²) in [6.07, 6.45) is 0.425. The van der Waals surface area contributed by atoms with Gasteiger partial charge >= 0.3 is 0 Å². The standard InChI is InChI=1S/C20H19N3O5/c1-25-14-7-13(8-15(10-14)26-2)9-19-21-18(22-28-19)11-23-16-5-3-4-6-17(16)27-12-20(23)24/h3-8,10H,9,11-12H2,1-2H3. The predicted octanol–water partition coefficient (Wildman–Crippen LogP) is 2.60. The van der Waals surface area contributed by atoms with Gasteiger partial charge < -0.3 is 18.7 Å². The number of anilines is 1. The number of hydrogen-bond donors (Lipinski definition) is 0. The SMILES string of the molecule is COc1cc(Cc2nc(CN3C(=O)COc4ccccc43)no2)cc(OC)c1. The van der Waals surface area contributed by atoms with Crippen LogP contribution in [-0.2, 0) is 17.8 Å². The molecule has 0 saturated carbocycles. The number of hydrogen-bond acceptors (Lipinski definition) is 7. The molecule has 4 rings (SSSR count). The van der Waals surface area contributed by atoms with Crippen molar-refractivity contribution in [3.05, 3.63) is 59.7 Å². The Morgan fingerprint density at radius 3 is 2.61 bits per heavy atom. The minimum absolute atomic E-state index is 0.00860. The van der Waals surface area contributed by atoms with Crippen LogP contribution in [-0.4, -0.2) is 36.9 Å². The summed E-state index contributed by atoms with van der Waals surface area (Å²) in [6, 6.07) is 12.9. The molecule has 1 aliphatic rings. The fourth-order valence-corrected chi connectivity index (χ4v) is 3.04. The number of amides is 1. The quantitative estimate of drug-likeness (QED) is 0.649. The minimum Gasteiger partial charge on any atom is -0.497 e. The summed E-state index contributed by atoms with van der Waals surface area (Å²) in [7, 11) is 3.20. The lowest BCUT2D eigenvalue weighted by atomic mass is 10.1. The Hall–Kier alpha value is -3.55. The van der Waals surface area contributed by atoms with Crippen LogP contribution in [0.1, 0.15) is 17.3 Å². The molecule has 144 valence electrons. The largest absolute Gasteiger partial charge is 0.497 e. The first-order chi connectivity index (χ1) is 13.7. The van der Waals surface area contributed by atoms with E-state index in [1.54, 1.807) is 25.2 Å². The average molecular weight is 381 g/mol. The number of rotatable bonds is 6. The molecule has 0 aliphatic carbocycles. The van der Waals surface area contributed by atoms with Crippen LogP contribution in [0.4, 0.5) is 5.69 Å². The molecule has 0 N–H and O–H groups in total. The van der Waals surface area contributed by atoms with Gasteiger partial charge in [0.05, 0.1) is 32.9 Å². The van der Waals surface area contributed by atoms with Crippen LogP contribution in [0.25, 0.3) is 0 Å². The molecule has 0 atom stereocenters. The summed E-state index contributed by atoms with van der Waals surface area (Å²) in [5, 5.41) is 4.02. The van der Waals surface area contributed by atoms with Crippen LogP contribution in [0.15, 0.2) is 47.0 Å². The predicted molar refractivity (Wildman–Crippen MR) is 99.8 cm³/mol. The molecule has 3 aromatic rings. The van der Waals surface area contributed by atoms with Crippen LogP contribution in [0.5, 0.6) is 17.2 Å². The molecule has 0 radical (unpaired) electrons. The number of carbonyl (C=O) groups excluding carboxylic acids is 1. The Balaban J connectivity index is 1.52. The lowest BCUT2D eigenvalue weighted by Gasteiger charge is -2.28. The minimum atomic E-state index is -0.150. The molecule has 2 heterocycles. The summed E-state index contributed by atoms with van der Waals surface area (Å²) in [5.74, 6) is 2.75. The van der Waals surface area contributed by atoms with Gasteiger partial charge in [-0.25, -0.2) is 0 Å². The topological polar surface area (TPSA) is 86.9 Å². The summed E-state index contributed by atoms with van der Waals surface area (Å²) in [4.78, 5) is 18.3. The molecule has 0 fully saturated rings. The second-order valence-electron chi connectivity index (χ2n) is 6.24. The van der Waals surface area contributed by atoms with E-state index in [1.165, 1.54) is 0 Å². The normalized spacial score (nSPS) is 13.1. The monoisotopic (exact) mass is 381 g/mol. The van der Waals surface area contributed by atoms with Crippen molar-refractivity contribution >= 4 is 11.6 Å². The first kappa shape index (κ1) is 17.8. The first-order valence-electron chi connectivity index (χ1n) is 8.72. The maximum Gasteiger partial charge on any atom is 0.265 e. The molecule has 8 nitrogen and oxygen atoms in total. The number of para-hydroxylation sites is 2. The van der Waals surface area contributed by atoms with Crippen molar-refractivity contribution in [2.45, 2.75) is 13.0 Å². The molecule has 0 bridgehead atoms. The van der Waals surface area contributed by atoms with E-state index in [2.05, 4.69) is 10.1 Å². The molecule has 28 heavy (non-hydrogen) atoms. The van der Waals surface area contributed by atoms with Crippen LogP contribution in [0.2, 0.25) is 0 Å². The van der Waals surface area contributed by atoms with E-state index in [4.69, 9.17) is 18.7 Å². The van der Waals surface area contributed by atoms with Crippen molar-refractivity contribution in [1.82, 2.24) is 10.1 Å². The highest BCUT2D eigenvalue weighted by Gasteiger charge is 2.26. The fraction of sp³-hybridized carbons (Fsp3) is 0.250. The summed E-state index contributed by atoms with van der Waals surface area (Å²) < 4.78 is 21.4. The van der Waals surface area contributed by atoms with Crippen molar-refractivity contribution in [3.63, 3.8) is 0 Å². The summed E-state index contributed by atoms with van der Waals surface area (Å²) in [5.41, 5.74) is 1.61. The van der Waals surface area contributed by atoms with Crippen molar-refractivity contribution in [1.29, 1.82) is 0 Å². The number of ether oxygens (including phenoxy) is 3. The number of aromatic nitrogens is 2. The van der Waals surface area contributed by atoms with Crippen LogP contribution >= 0.6 is 0 Å². The first-order valence-corrected chi connectivity index (χ1v) is 8.72. The number of nitrogens with zero attached hydrogens (tertiary/aromatic N) is 3. The van der Waals surface area contributed by atoms with Gasteiger partial charge in [-0.15, -0.1) is 0 Å². The molecule has 1 aliphatic heterocycles. The van der Waals surface area contributed by atoms with Crippen molar-refractivity contribution in [2.75, 3.05) is 25.7 Å². The van der Waals surface area contributed by atoms with E-state index in [1.807, 2.05) is 36.4 Å². The third-order valence-corrected chi connectivity index (χ3v) is 4.38. The van der Waals surface area contributed by atoms with E-state index >= 15 is 0 Å². The van der Waals surface area contributed by atoms with Gasteiger partial charge in [0.1, 0.15) is 17.2 Å². The Kier molecular flexibility index (Phi) is 4.84. The Morgan fingerprint density at radius 1 is 1.11 bits per heavy atom. The molecule has 0 spiro atoms. The molecular formula is C20H19N3O5. The maximum atomic E-state index is 12.3. The average Bonchev–Trinajstić information content (AvgIpc) is 3.16. The van der Waals surface area contributed by atoms with Gasteiger partial charge in [-0.3, -0.25) is 9.69 Å². The van der Waals surface area contributed by atoms with Crippen LogP contribution in [0.3, 0.4) is 0 Å². The lowest BCUT2D eigenvalue weighted by Crippen LogP contribution is -2.38. The number of methoxy groups -OCH3 is 2. The van der Waals surface area contributed by atoms with Crippen LogP contribution in [0, 0.1) is 0 Å². The van der Waals surface area contributed by atoms with Gasteiger partial charge in [-0.2, -0.15) is 4.98 Å². The van der Waals surface area contributed by atoms with E-state index in [0.29, 0.717) is 41.1 Å². The molecule has 0 unspecified atom stereocenters. The fourth-order valence-electron chi connectivity index (χ4n) is 3.04. The second-order valence-corrected chi connectivity index (χ2v) is 6.24. The zero-order valence-corrected chi connectivity index (χ0v) is 15.5. The second kappa shape index (κ2) is 7.59. The Morgan fingerprint density at radius 2 is 1.86 bits per heavy atom. The van der Waals surface area contributed by atoms with Gasteiger partial charge in [0, 0.05) is 6.07 Å². The maximum absolute atomic E-state index is 12.3. The number of benzene rings is 2. The third kappa shape index (κ3) is 3.62. The molecule has 0 saturated heterocycles.